The Morgan fingerprint density at radius 3 is 2.72 bits per heavy atom. The average Bonchev–Trinajstić information content (AvgIpc) is 3.32. The van der Waals surface area contributed by atoms with Crippen molar-refractivity contribution in [3.8, 4) is 10.4 Å². The van der Waals surface area contributed by atoms with E-state index in [-0.39, 0.29) is 5.97 Å². The van der Waals surface area contributed by atoms with Crippen molar-refractivity contribution in [2.24, 2.45) is 0 Å². The second kappa shape index (κ2) is 9.02. The van der Waals surface area contributed by atoms with Crippen molar-refractivity contribution in [2.75, 3.05) is 17.2 Å². The molecule has 0 saturated carbocycles. The second-order valence-corrected chi connectivity index (χ2v) is 9.16. The maximum absolute atomic E-state index is 12.5. The van der Waals surface area contributed by atoms with E-state index in [1.54, 1.807) is 18.3 Å². The van der Waals surface area contributed by atoms with Gasteiger partial charge in [0.15, 0.2) is 10.2 Å². The van der Waals surface area contributed by atoms with Crippen molar-refractivity contribution in [2.45, 2.75) is 32.6 Å². The molecule has 0 atom stereocenters. The van der Waals surface area contributed by atoms with Crippen LogP contribution in [0.25, 0.3) is 10.4 Å². The van der Waals surface area contributed by atoms with Gasteiger partial charge < -0.3 is 15.4 Å². The number of rotatable bonds is 5. The molecule has 2 heterocycles. The lowest BCUT2D eigenvalue weighted by atomic mass is 10.0. The van der Waals surface area contributed by atoms with Crippen molar-refractivity contribution in [1.29, 1.82) is 0 Å². The van der Waals surface area contributed by atoms with E-state index < -0.39 is 0 Å². The summed E-state index contributed by atoms with van der Waals surface area (Å²) >= 11 is 8.63. The quantitative estimate of drug-likeness (QED) is 0.387. The Kier molecular flexibility index (Phi) is 6.22. The third kappa shape index (κ3) is 4.66. The molecule has 29 heavy (non-hydrogen) atoms. The largest absolute Gasteiger partial charge is 0.462 e. The maximum atomic E-state index is 12.5. The summed E-state index contributed by atoms with van der Waals surface area (Å²) in [5.41, 5.74) is 2.71. The van der Waals surface area contributed by atoms with Gasteiger partial charge in [-0.25, -0.2) is 9.78 Å². The predicted molar refractivity (Wildman–Crippen MR) is 124 cm³/mol. The van der Waals surface area contributed by atoms with Crippen LogP contribution in [0.3, 0.4) is 0 Å². The summed E-state index contributed by atoms with van der Waals surface area (Å²) in [7, 11) is 0. The molecule has 2 N–H and O–H groups in total. The lowest BCUT2D eigenvalue weighted by Crippen LogP contribution is -2.20. The molecule has 150 valence electrons. The highest BCUT2D eigenvalue weighted by atomic mass is 32.1. The number of nitrogens with zero attached hydrogens (tertiary/aromatic N) is 1. The second-order valence-electron chi connectivity index (χ2n) is 6.62. The van der Waals surface area contributed by atoms with Gasteiger partial charge in [0, 0.05) is 9.75 Å². The SMILES string of the molecule is CCOC(=O)c1cc(-c2ccccc2)sc1NC(=S)Nc1nc2c(s1)CCCC2. The molecule has 0 aliphatic heterocycles. The van der Waals surface area contributed by atoms with Crippen molar-refractivity contribution in [3.63, 3.8) is 0 Å². The highest BCUT2D eigenvalue weighted by Crippen LogP contribution is 2.36. The van der Waals surface area contributed by atoms with Crippen LogP contribution in [0, 0.1) is 0 Å². The molecule has 0 amide bonds. The minimum absolute atomic E-state index is 0.322. The number of thiazole rings is 1. The van der Waals surface area contributed by atoms with Crippen LogP contribution in [-0.2, 0) is 17.6 Å². The van der Waals surface area contributed by atoms with Crippen LogP contribution in [-0.4, -0.2) is 22.7 Å². The number of carbonyl (C=O) groups excluding carboxylic acids is 1. The number of benzene rings is 1. The number of aromatic nitrogens is 1. The van der Waals surface area contributed by atoms with Crippen molar-refractivity contribution in [1.82, 2.24) is 4.98 Å². The third-order valence-electron chi connectivity index (χ3n) is 4.58. The van der Waals surface area contributed by atoms with E-state index in [4.69, 9.17) is 17.0 Å². The van der Waals surface area contributed by atoms with Crippen LogP contribution in [0.5, 0.6) is 0 Å². The number of fused-ring (bicyclic) bond motifs is 1. The summed E-state index contributed by atoms with van der Waals surface area (Å²) in [5.74, 6) is -0.360. The fourth-order valence-corrected chi connectivity index (χ4v) is 5.66. The van der Waals surface area contributed by atoms with E-state index in [1.165, 1.54) is 34.7 Å². The summed E-state index contributed by atoms with van der Waals surface area (Å²) in [6.07, 6.45) is 4.54. The first-order valence-corrected chi connectivity index (χ1v) is 11.6. The van der Waals surface area contributed by atoms with Gasteiger partial charge >= 0.3 is 5.97 Å². The summed E-state index contributed by atoms with van der Waals surface area (Å²) in [6, 6.07) is 11.8. The van der Waals surface area contributed by atoms with E-state index in [0.29, 0.717) is 22.3 Å². The number of hydrogen-bond donors (Lipinski definition) is 2. The first-order chi connectivity index (χ1) is 14.1. The van der Waals surface area contributed by atoms with E-state index in [2.05, 4.69) is 15.6 Å². The molecule has 4 rings (SSSR count). The molecule has 0 bridgehead atoms. The molecule has 1 aliphatic carbocycles. The molecule has 0 radical (unpaired) electrons. The molecule has 1 aromatic carbocycles. The Bertz CT molecular complexity index is 1000. The predicted octanol–water partition coefficient (Wildman–Crippen LogP) is 5.74. The standard InChI is InChI=1S/C21H21N3O2S3/c1-2-26-19(25)14-12-17(13-8-4-3-5-9-13)28-18(14)23-20(27)24-21-22-15-10-6-7-11-16(15)29-21/h3-5,8-9,12H,2,6-7,10-11H2,1H3,(H2,22,23,24,27). The van der Waals surface area contributed by atoms with Crippen LogP contribution in [0.2, 0.25) is 0 Å². The molecule has 8 heteroatoms. The number of thiocarbonyl (C=S) groups is 1. The van der Waals surface area contributed by atoms with E-state index in [1.807, 2.05) is 36.4 Å². The topological polar surface area (TPSA) is 63.2 Å². The van der Waals surface area contributed by atoms with Gasteiger partial charge in [0.05, 0.1) is 17.9 Å². The summed E-state index contributed by atoms with van der Waals surface area (Å²) in [6.45, 7) is 2.12. The lowest BCUT2D eigenvalue weighted by molar-refractivity contribution is 0.0528. The van der Waals surface area contributed by atoms with Gasteiger partial charge in [0.1, 0.15) is 5.00 Å². The number of hydrogen-bond acceptors (Lipinski definition) is 6. The Labute approximate surface area is 183 Å². The zero-order chi connectivity index (χ0) is 20.2. The number of thiophene rings is 1. The van der Waals surface area contributed by atoms with Crippen LogP contribution < -0.4 is 10.6 Å². The van der Waals surface area contributed by atoms with Crippen molar-refractivity contribution >= 4 is 56.1 Å². The van der Waals surface area contributed by atoms with E-state index in [9.17, 15) is 4.79 Å². The third-order valence-corrected chi connectivity index (χ3v) is 6.96. The number of nitrogens with one attached hydrogen (secondary N) is 2. The lowest BCUT2D eigenvalue weighted by Gasteiger charge is -2.08. The van der Waals surface area contributed by atoms with Crippen molar-refractivity contribution in [3.05, 3.63) is 52.5 Å². The molecular weight excluding hydrogens is 422 g/mol. The highest BCUT2D eigenvalue weighted by Gasteiger charge is 2.20. The van der Waals surface area contributed by atoms with Gasteiger partial charge in [-0.05, 0) is 56.5 Å². The number of carbonyl (C=O) groups is 1. The van der Waals surface area contributed by atoms with Gasteiger partial charge in [0.2, 0.25) is 0 Å². The Balaban J connectivity index is 1.54. The summed E-state index contributed by atoms with van der Waals surface area (Å²) in [5, 5.41) is 8.24. The Hall–Kier alpha value is -2.29. The first kappa shape index (κ1) is 20.0. The van der Waals surface area contributed by atoms with Gasteiger partial charge in [-0.2, -0.15) is 0 Å². The average molecular weight is 444 g/mol. The molecule has 0 unspecified atom stereocenters. The fraction of sp³-hybridized carbons (Fsp3) is 0.286. The van der Waals surface area contributed by atoms with Crippen LogP contribution >= 0.6 is 34.9 Å². The zero-order valence-electron chi connectivity index (χ0n) is 16.0. The van der Waals surface area contributed by atoms with Crippen LogP contribution in [0.15, 0.2) is 36.4 Å². The fourth-order valence-electron chi connectivity index (χ4n) is 3.23. The Morgan fingerprint density at radius 2 is 1.97 bits per heavy atom. The monoisotopic (exact) mass is 443 g/mol. The first-order valence-electron chi connectivity index (χ1n) is 9.57. The van der Waals surface area contributed by atoms with Crippen LogP contribution in [0.4, 0.5) is 10.1 Å². The molecule has 2 aromatic heterocycles. The van der Waals surface area contributed by atoms with Gasteiger partial charge in [-0.15, -0.1) is 22.7 Å². The number of aryl methyl sites for hydroxylation is 2. The normalized spacial score (nSPS) is 12.9. The maximum Gasteiger partial charge on any atom is 0.341 e. The minimum atomic E-state index is -0.360. The van der Waals surface area contributed by atoms with Crippen molar-refractivity contribution < 1.29 is 9.53 Å². The Morgan fingerprint density at radius 1 is 1.17 bits per heavy atom. The minimum Gasteiger partial charge on any atom is -0.462 e. The number of esters is 1. The zero-order valence-corrected chi connectivity index (χ0v) is 18.4. The number of anilines is 2. The van der Waals surface area contributed by atoms with Gasteiger partial charge in [-0.3, -0.25) is 0 Å². The van der Waals surface area contributed by atoms with Crippen LogP contribution in [0.1, 0.15) is 40.7 Å². The van der Waals surface area contributed by atoms with E-state index >= 15 is 0 Å². The molecule has 0 spiro atoms. The summed E-state index contributed by atoms with van der Waals surface area (Å²) in [4.78, 5) is 19.4. The summed E-state index contributed by atoms with van der Waals surface area (Å²) < 4.78 is 5.23. The van der Waals surface area contributed by atoms with Gasteiger partial charge in [-0.1, -0.05) is 30.3 Å². The molecular formula is C21H21N3O2S3. The van der Waals surface area contributed by atoms with E-state index in [0.717, 1.165) is 28.4 Å². The smallest absolute Gasteiger partial charge is 0.341 e. The molecule has 0 saturated heterocycles. The molecule has 1 aliphatic rings. The van der Waals surface area contributed by atoms with Gasteiger partial charge in [0.25, 0.3) is 0 Å². The molecule has 3 aromatic rings. The number of ether oxygens (including phenoxy) is 1. The highest BCUT2D eigenvalue weighted by molar-refractivity contribution is 7.80. The molecule has 0 fully saturated rings. The molecule has 5 nitrogen and oxygen atoms in total.